The highest BCUT2D eigenvalue weighted by Gasteiger charge is 2.11. The van der Waals surface area contributed by atoms with E-state index < -0.39 is 11.1 Å². The molecule has 0 aliphatic heterocycles. The summed E-state index contributed by atoms with van der Waals surface area (Å²) in [6.07, 6.45) is 0. The van der Waals surface area contributed by atoms with Crippen molar-refractivity contribution in [3.63, 3.8) is 0 Å². The molecule has 8 nitrogen and oxygen atoms in total. The molecule has 0 saturated carbocycles. The van der Waals surface area contributed by atoms with Crippen molar-refractivity contribution in [1.29, 1.82) is 0 Å². The summed E-state index contributed by atoms with van der Waals surface area (Å²) in [6.45, 7) is -0.586. The summed E-state index contributed by atoms with van der Waals surface area (Å²) in [7, 11) is 1.34. The molecule has 0 saturated heterocycles. The van der Waals surface area contributed by atoms with Gasteiger partial charge in [-0.15, -0.1) is 10.1 Å². The Morgan fingerprint density at radius 1 is 1.44 bits per heavy atom. The number of carbonyl (C=O) groups excluding carboxylic acids is 1. The highest BCUT2D eigenvalue weighted by Crippen LogP contribution is 2.26. The molecule has 18 heavy (non-hydrogen) atoms. The van der Waals surface area contributed by atoms with Crippen molar-refractivity contribution < 1.29 is 29.3 Å². The van der Waals surface area contributed by atoms with E-state index in [0.29, 0.717) is 0 Å². The Labute approximate surface area is 102 Å². The summed E-state index contributed by atoms with van der Waals surface area (Å²) in [5.74, 6) is -0.669. The van der Waals surface area contributed by atoms with Gasteiger partial charge in [-0.2, -0.15) is 0 Å². The number of rotatable bonds is 6. The van der Waals surface area contributed by atoms with Crippen molar-refractivity contribution in [2.45, 2.75) is 0 Å². The van der Waals surface area contributed by atoms with E-state index in [9.17, 15) is 20.0 Å². The van der Waals surface area contributed by atoms with Gasteiger partial charge in [-0.1, -0.05) is 0 Å². The maximum Gasteiger partial charge on any atom is 0.338 e. The summed E-state index contributed by atoms with van der Waals surface area (Å²) in [5, 5.41) is 18.2. The minimum absolute atomic E-state index is 0.106. The van der Waals surface area contributed by atoms with Crippen molar-refractivity contribution in [2.75, 3.05) is 20.3 Å². The fourth-order valence-corrected chi connectivity index (χ4v) is 1.13. The summed E-state index contributed by atoms with van der Waals surface area (Å²) in [5.41, 5.74) is 0.158. The van der Waals surface area contributed by atoms with Crippen LogP contribution in [0.15, 0.2) is 18.2 Å². The van der Waals surface area contributed by atoms with Gasteiger partial charge < -0.3 is 19.4 Å². The maximum atomic E-state index is 11.5. The zero-order valence-electron chi connectivity index (χ0n) is 9.49. The molecule has 1 aromatic carbocycles. The molecule has 0 aliphatic carbocycles. The second-order valence-corrected chi connectivity index (χ2v) is 3.08. The van der Waals surface area contributed by atoms with Crippen molar-refractivity contribution in [1.82, 2.24) is 0 Å². The number of benzene rings is 1. The van der Waals surface area contributed by atoms with Gasteiger partial charge in [-0.3, -0.25) is 0 Å². The molecular formula is C10H11NO7. The van der Waals surface area contributed by atoms with Crippen LogP contribution >= 0.6 is 0 Å². The molecule has 1 N–H and O–H groups in total. The molecule has 0 amide bonds. The second-order valence-electron chi connectivity index (χ2n) is 3.08. The average Bonchev–Trinajstić information content (AvgIpc) is 2.34. The highest BCUT2D eigenvalue weighted by atomic mass is 17.0. The predicted molar refractivity (Wildman–Crippen MR) is 57.9 cm³/mol. The van der Waals surface area contributed by atoms with E-state index in [0.717, 1.165) is 0 Å². The summed E-state index contributed by atoms with van der Waals surface area (Å²) in [6, 6.07) is 3.92. The minimum atomic E-state index is -0.975. The third-order valence-electron chi connectivity index (χ3n) is 1.93. The first-order chi connectivity index (χ1) is 8.54. The molecule has 0 aliphatic rings. The molecule has 0 fully saturated rings. The van der Waals surface area contributed by atoms with Gasteiger partial charge in [0.05, 0.1) is 12.7 Å². The first kappa shape index (κ1) is 13.6. The average molecular weight is 257 g/mol. The van der Waals surface area contributed by atoms with Gasteiger partial charge >= 0.3 is 5.97 Å². The van der Waals surface area contributed by atoms with Crippen molar-refractivity contribution in [3.05, 3.63) is 33.9 Å². The number of phenolic OH excluding ortho intramolecular Hbond substituents is 1. The van der Waals surface area contributed by atoms with E-state index in [4.69, 9.17) is 9.47 Å². The summed E-state index contributed by atoms with van der Waals surface area (Å²) >= 11 is 0. The van der Waals surface area contributed by atoms with E-state index in [1.54, 1.807) is 0 Å². The molecule has 1 rings (SSSR count). The number of ether oxygens (including phenoxy) is 2. The van der Waals surface area contributed by atoms with E-state index in [-0.39, 0.29) is 30.3 Å². The summed E-state index contributed by atoms with van der Waals surface area (Å²) in [4.78, 5) is 25.3. The van der Waals surface area contributed by atoms with Crippen LogP contribution in [0.2, 0.25) is 0 Å². The number of carbonyl (C=O) groups is 1. The topological polar surface area (TPSA) is 108 Å². The molecule has 0 bridgehead atoms. The Kier molecular flexibility index (Phi) is 4.73. The molecule has 0 radical (unpaired) electrons. The Bertz CT molecular complexity index is 446. The van der Waals surface area contributed by atoms with Crippen molar-refractivity contribution in [3.8, 4) is 11.5 Å². The Morgan fingerprint density at radius 3 is 2.78 bits per heavy atom. The zero-order chi connectivity index (χ0) is 13.5. The molecular weight excluding hydrogens is 246 g/mol. The SMILES string of the molecule is COc1cc(C(=O)OCCO[N+](=O)[O-])ccc1O. The lowest BCUT2D eigenvalue weighted by molar-refractivity contribution is -0.757. The Morgan fingerprint density at radius 2 is 2.17 bits per heavy atom. The third kappa shape index (κ3) is 3.81. The van der Waals surface area contributed by atoms with Crippen LogP contribution < -0.4 is 4.74 Å². The second kappa shape index (κ2) is 6.28. The third-order valence-corrected chi connectivity index (χ3v) is 1.93. The number of hydrogen-bond donors (Lipinski definition) is 1. The lowest BCUT2D eigenvalue weighted by atomic mass is 10.2. The number of aromatic hydroxyl groups is 1. The van der Waals surface area contributed by atoms with Crippen LogP contribution in [0.4, 0.5) is 0 Å². The van der Waals surface area contributed by atoms with Crippen LogP contribution in [0.3, 0.4) is 0 Å². The zero-order valence-corrected chi connectivity index (χ0v) is 9.49. The molecule has 8 heteroatoms. The van der Waals surface area contributed by atoms with Gasteiger partial charge in [0, 0.05) is 0 Å². The van der Waals surface area contributed by atoms with Crippen LogP contribution in [-0.2, 0) is 9.57 Å². The van der Waals surface area contributed by atoms with Gasteiger partial charge in [0.15, 0.2) is 11.5 Å². The van der Waals surface area contributed by atoms with Crippen LogP contribution in [-0.4, -0.2) is 36.5 Å². The first-order valence-corrected chi connectivity index (χ1v) is 4.86. The normalized spacial score (nSPS) is 9.61. The smallest absolute Gasteiger partial charge is 0.338 e. The monoisotopic (exact) mass is 257 g/mol. The maximum absolute atomic E-state index is 11.5. The summed E-state index contributed by atoms with van der Waals surface area (Å²) < 4.78 is 9.53. The van der Waals surface area contributed by atoms with E-state index in [1.807, 2.05) is 0 Å². The standard InChI is InChI=1S/C10H11NO7/c1-16-9-6-7(2-3-8(9)12)10(13)17-4-5-18-11(14)15/h2-3,6,12H,4-5H2,1H3. The number of phenols is 1. The van der Waals surface area contributed by atoms with Gasteiger partial charge in [-0.05, 0) is 18.2 Å². The lowest BCUT2D eigenvalue weighted by Crippen LogP contribution is -2.13. The van der Waals surface area contributed by atoms with Gasteiger partial charge in [0.2, 0.25) is 0 Å². The van der Waals surface area contributed by atoms with E-state index in [1.165, 1.54) is 25.3 Å². The van der Waals surface area contributed by atoms with Crippen LogP contribution in [0.1, 0.15) is 10.4 Å². The Hall–Kier alpha value is -2.51. The quantitative estimate of drug-likeness (QED) is 0.347. The van der Waals surface area contributed by atoms with Crippen LogP contribution in [0, 0.1) is 10.1 Å². The fraction of sp³-hybridized carbons (Fsp3) is 0.300. The fourth-order valence-electron chi connectivity index (χ4n) is 1.13. The lowest BCUT2D eigenvalue weighted by Gasteiger charge is -2.07. The largest absolute Gasteiger partial charge is 0.504 e. The Balaban J connectivity index is 2.53. The van der Waals surface area contributed by atoms with Crippen LogP contribution in [0.5, 0.6) is 11.5 Å². The van der Waals surface area contributed by atoms with Gasteiger partial charge in [0.1, 0.15) is 13.2 Å². The minimum Gasteiger partial charge on any atom is -0.504 e. The van der Waals surface area contributed by atoms with E-state index >= 15 is 0 Å². The number of methoxy groups -OCH3 is 1. The first-order valence-electron chi connectivity index (χ1n) is 4.86. The van der Waals surface area contributed by atoms with Crippen molar-refractivity contribution >= 4 is 5.97 Å². The predicted octanol–water partition coefficient (Wildman–Crippen LogP) is 0.766. The van der Waals surface area contributed by atoms with Gasteiger partial charge in [0.25, 0.3) is 5.09 Å². The molecule has 98 valence electrons. The van der Waals surface area contributed by atoms with Crippen molar-refractivity contribution in [2.24, 2.45) is 0 Å². The van der Waals surface area contributed by atoms with Crippen LogP contribution in [0.25, 0.3) is 0 Å². The molecule has 0 spiro atoms. The number of esters is 1. The highest BCUT2D eigenvalue weighted by molar-refractivity contribution is 5.90. The molecule has 0 atom stereocenters. The molecule has 0 heterocycles. The van der Waals surface area contributed by atoms with Gasteiger partial charge in [-0.25, -0.2) is 4.79 Å². The molecule has 1 aromatic rings. The molecule has 0 unspecified atom stereocenters. The molecule has 0 aromatic heterocycles. The number of hydrogen-bond acceptors (Lipinski definition) is 7. The number of nitrogens with zero attached hydrogens (tertiary/aromatic N) is 1. The van der Waals surface area contributed by atoms with E-state index in [2.05, 4.69) is 4.84 Å².